The zero-order valence-corrected chi connectivity index (χ0v) is 13.6. The lowest BCUT2D eigenvalue weighted by molar-refractivity contribution is -0.109. The fourth-order valence-electron chi connectivity index (χ4n) is 2.47. The fraction of sp³-hybridized carbons (Fsp3) is 0.250. The summed E-state index contributed by atoms with van der Waals surface area (Å²) in [7, 11) is 0. The van der Waals surface area contributed by atoms with Gasteiger partial charge in [-0.3, -0.25) is 0 Å². The maximum atomic E-state index is 13.5. The number of hydrogen-bond acceptors (Lipinski definition) is 1. The van der Waals surface area contributed by atoms with E-state index in [1.807, 2.05) is 0 Å². The van der Waals surface area contributed by atoms with E-state index in [9.17, 15) is 18.0 Å². The van der Waals surface area contributed by atoms with Crippen LogP contribution >= 0.6 is 0 Å². The number of fused-ring (bicyclic) bond motifs is 1. The van der Waals surface area contributed by atoms with E-state index in [1.54, 1.807) is 56.3 Å². The monoisotopic (exact) mass is 332 g/mol. The number of allylic oxidation sites excluding steroid dienone is 4. The van der Waals surface area contributed by atoms with Gasteiger partial charge in [-0.1, -0.05) is 68.5 Å². The quantitative estimate of drug-likeness (QED) is 0.491. The van der Waals surface area contributed by atoms with Crippen LogP contribution in [0.5, 0.6) is 0 Å². The standard InChI is InChI=1S/C20H19F3O/c1-19(2,13-14-24)12-6-9-18(20(21,22)23)17-11-10-15-7-4-3-5-8-16(15)17/h3-12,14H,13H2,1-2H3/b12-6+,18-9+. The molecule has 0 atom stereocenters. The molecule has 0 N–H and O–H groups in total. The third kappa shape index (κ3) is 4.34. The molecule has 0 fully saturated rings. The van der Waals surface area contributed by atoms with Crippen LogP contribution < -0.4 is 0 Å². The highest BCUT2D eigenvalue weighted by molar-refractivity contribution is 5.86. The molecule has 4 heteroatoms. The highest BCUT2D eigenvalue weighted by Crippen LogP contribution is 2.40. The summed E-state index contributed by atoms with van der Waals surface area (Å²) in [4.78, 5) is 10.6. The van der Waals surface area contributed by atoms with E-state index in [2.05, 4.69) is 0 Å². The van der Waals surface area contributed by atoms with Crippen molar-refractivity contribution in [2.45, 2.75) is 26.4 Å². The summed E-state index contributed by atoms with van der Waals surface area (Å²) in [6, 6.07) is 12.0. The van der Waals surface area contributed by atoms with Gasteiger partial charge in [-0.05, 0) is 28.2 Å². The van der Waals surface area contributed by atoms with Gasteiger partial charge in [0.25, 0.3) is 0 Å². The maximum Gasteiger partial charge on any atom is 0.417 e. The molecule has 24 heavy (non-hydrogen) atoms. The van der Waals surface area contributed by atoms with Crippen molar-refractivity contribution in [1.29, 1.82) is 0 Å². The second kappa shape index (κ2) is 7.04. The van der Waals surface area contributed by atoms with Crippen LogP contribution in [0, 0.1) is 5.41 Å². The van der Waals surface area contributed by atoms with Gasteiger partial charge in [0.1, 0.15) is 6.29 Å². The lowest BCUT2D eigenvalue weighted by atomic mass is 9.89. The molecule has 2 aliphatic carbocycles. The number of carbonyl (C=O) groups excluding carboxylic acids is 1. The fourth-order valence-corrected chi connectivity index (χ4v) is 2.47. The molecule has 126 valence electrons. The van der Waals surface area contributed by atoms with Crippen LogP contribution in [0.25, 0.3) is 16.7 Å². The molecule has 1 nitrogen and oxygen atoms in total. The molecule has 2 aliphatic rings. The van der Waals surface area contributed by atoms with E-state index < -0.39 is 17.2 Å². The van der Waals surface area contributed by atoms with E-state index in [0.29, 0.717) is 5.56 Å². The lowest BCUT2D eigenvalue weighted by Crippen LogP contribution is -2.11. The largest absolute Gasteiger partial charge is 0.417 e. The average molecular weight is 332 g/mol. The Balaban J connectivity index is 2.45. The minimum absolute atomic E-state index is 0.159. The third-order valence-electron chi connectivity index (χ3n) is 3.81. The first-order valence-electron chi connectivity index (χ1n) is 7.63. The zero-order valence-electron chi connectivity index (χ0n) is 13.6. The minimum atomic E-state index is -4.46. The first kappa shape index (κ1) is 18.0. The summed E-state index contributed by atoms with van der Waals surface area (Å²) < 4.78 is 40.5. The van der Waals surface area contributed by atoms with E-state index in [0.717, 1.165) is 17.9 Å². The topological polar surface area (TPSA) is 17.1 Å². The normalized spacial score (nSPS) is 13.6. The summed E-state index contributed by atoms with van der Waals surface area (Å²) in [5.41, 5.74) is 0.308. The number of aldehydes is 1. The van der Waals surface area contributed by atoms with Crippen molar-refractivity contribution in [3.63, 3.8) is 0 Å². The Hall–Kier alpha value is -2.36. The zero-order chi connectivity index (χ0) is 17.8. The molecular formula is C20H19F3O. The van der Waals surface area contributed by atoms with Gasteiger partial charge in [-0.2, -0.15) is 13.2 Å². The summed E-state index contributed by atoms with van der Waals surface area (Å²) >= 11 is 0. The van der Waals surface area contributed by atoms with Crippen molar-refractivity contribution >= 4 is 11.9 Å². The van der Waals surface area contributed by atoms with Gasteiger partial charge in [-0.15, -0.1) is 0 Å². The summed E-state index contributed by atoms with van der Waals surface area (Å²) in [6.07, 6.45) is 0.646. The molecule has 0 saturated carbocycles. The SMILES string of the molecule is CC(C)(/C=C/C=C(\c1ccc2cccccc1-2)C(F)(F)F)CC=O. The Morgan fingerprint density at radius 2 is 1.75 bits per heavy atom. The predicted octanol–water partition coefficient (Wildman–Crippen LogP) is 5.91. The average Bonchev–Trinajstić information content (AvgIpc) is 2.70. The summed E-state index contributed by atoms with van der Waals surface area (Å²) in [6.45, 7) is 3.60. The van der Waals surface area contributed by atoms with Crippen LogP contribution in [0.15, 0.2) is 60.7 Å². The highest BCUT2D eigenvalue weighted by atomic mass is 19.4. The second-order valence-corrected chi connectivity index (χ2v) is 6.32. The number of hydrogen-bond donors (Lipinski definition) is 0. The summed E-state index contributed by atoms with van der Waals surface area (Å²) in [5.74, 6) is 0. The Morgan fingerprint density at radius 3 is 2.42 bits per heavy atom. The highest BCUT2D eigenvalue weighted by Gasteiger charge is 2.36. The molecule has 0 saturated heterocycles. The molecule has 0 aromatic rings. The van der Waals surface area contributed by atoms with E-state index >= 15 is 0 Å². The second-order valence-electron chi connectivity index (χ2n) is 6.32. The van der Waals surface area contributed by atoms with Gasteiger partial charge in [0.15, 0.2) is 0 Å². The van der Waals surface area contributed by atoms with E-state index in [4.69, 9.17) is 0 Å². The number of alkyl halides is 3. The third-order valence-corrected chi connectivity index (χ3v) is 3.81. The molecular weight excluding hydrogens is 313 g/mol. The first-order valence-corrected chi connectivity index (χ1v) is 7.63. The Morgan fingerprint density at radius 1 is 1.04 bits per heavy atom. The van der Waals surface area contributed by atoms with Gasteiger partial charge in [-0.25, -0.2) is 0 Å². The van der Waals surface area contributed by atoms with Crippen molar-refractivity contribution in [2.24, 2.45) is 5.41 Å². The smallest absolute Gasteiger partial charge is 0.303 e. The van der Waals surface area contributed by atoms with Crippen molar-refractivity contribution in [3.05, 3.63) is 66.3 Å². The van der Waals surface area contributed by atoms with Crippen LogP contribution in [0.3, 0.4) is 0 Å². The molecule has 0 unspecified atom stereocenters. The van der Waals surface area contributed by atoms with Crippen molar-refractivity contribution in [2.75, 3.05) is 0 Å². The van der Waals surface area contributed by atoms with Crippen LogP contribution in [-0.4, -0.2) is 12.5 Å². The van der Waals surface area contributed by atoms with Crippen molar-refractivity contribution < 1.29 is 18.0 Å². The Labute approximate surface area is 139 Å². The molecule has 0 spiro atoms. The van der Waals surface area contributed by atoms with E-state index in [1.165, 1.54) is 12.1 Å². The molecule has 0 heterocycles. The first-order chi connectivity index (χ1) is 11.2. The minimum Gasteiger partial charge on any atom is -0.303 e. The van der Waals surface area contributed by atoms with Gasteiger partial charge < -0.3 is 4.79 Å². The Bertz CT molecular complexity index is 739. The molecule has 0 bridgehead atoms. The van der Waals surface area contributed by atoms with Crippen LogP contribution in [0.2, 0.25) is 0 Å². The van der Waals surface area contributed by atoms with Gasteiger partial charge >= 0.3 is 6.18 Å². The van der Waals surface area contributed by atoms with E-state index in [-0.39, 0.29) is 12.0 Å². The molecule has 0 aliphatic heterocycles. The maximum absolute atomic E-state index is 13.5. The number of rotatable bonds is 5. The number of halogens is 3. The predicted molar refractivity (Wildman–Crippen MR) is 90.7 cm³/mol. The summed E-state index contributed by atoms with van der Waals surface area (Å²) in [5, 5.41) is 0. The van der Waals surface area contributed by atoms with Gasteiger partial charge in [0.2, 0.25) is 0 Å². The lowest BCUT2D eigenvalue weighted by Gasteiger charge is -2.16. The molecule has 2 rings (SSSR count). The van der Waals surface area contributed by atoms with Gasteiger partial charge in [0.05, 0.1) is 5.57 Å². The molecule has 0 aromatic heterocycles. The molecule has 0 amide bonds. The van der Waals surface area contributed by atoms with Crippen LogP contribution in [0.1, 0.15) is 25.8 Å². The number of carbonyl (C=O) groups is 1. The van der Waals surface area contributed by atoms with Crippen LogP contribution in [-0.2, 0) is 4.79 Å². The molecule has 0 aromatic carbocycles. The van der Waals surface area contributed by atoms with Crippen molar-refractivity contribution in [3.8, 4) is 11.1 Å². The van der Waals surface area contributed by atoms with Crippen LogP contribution in [0.4, 0.5) is 13.2 Å². The van der Waals surface area contributed by atoms with Gasteiger partial charge in [0, 0.05) is 6.42 Å². The van der Waals surface area contributed by atoms with Crippen molar-refractivity contribution in [1.82, 2.24) is 0 Å². The molecule has 0 radical (unpaired) electrons. The Kier molecular flexibility index (Phi) is 5.27.